The minimum Gasteiger partial charge on any atom is -0.399 e. The molecule has 3 heterocycles. The van der Waals surface area contributed by atoms with E-state index in [1.807, 2.05) is 6.07 Å². The van der Waals surface area contributed by atoms with Crippen LogP contribution in [0.4, 0.5) is 0 Å². The molecule has 0 amide bonds. The van der Waals surface area contributed by atoms with Crippen molar-refractivity contribution in [2.24, 2.45) is 0 Å². The van der Waals surface area contributed by atoms with Crippen LogP contribution in [0.1, 0.15) is 27.7 Å². The molecule has 98 heavy (non-hydrogen) atoms. The maximum atomic E-state index is 6.44. The number of para-hydroxylation sites is 2. The van der Waals surface area contributed by atoms with Crippen LogP contribution in [-0.4, -0.2) is 27.5 Å². The van der Waals surface area contributed by atoms with Crippen molar-refractivity contribution < 1.29 is 9.31 Å². The molecule has 17 rings (SSSR count). The highest BCUT2D eigenvalue weighted by atomic mass is 127. The number of nitrogens with zero attached hydrogens (tertiary/aromatic N) is 2. The summed E-state index contributed by atoms with van der Waals surface area (Å²) in [5.41, 5.74) is 24.1. The minimum atomic E-state index is -0.420. The third-order valence-corrected chi connectivity index (χ3v) is 21.4. The van der Waals surface area contributed by atoms with E-state index in [0.717, 1.165) is 31.3 Å². The first-order valence-electron chi connectivity index (χ1n) is 33.1. The van der Waals surface area contributed by atoms with Crippen LogP contribution in [-0.2, 0) is 9.31 Å². The second-order valence-electron chi connectivity index (χ2n) is 25.8. The van der Waals surface area contributed by atoms with Crippen LogP contribution in [0.25, 0.3) is 133 Å². The first-order valence-corrected chi connectivity index (χ1v) is 35.8. The van der Waals surface area contributed by atoms with E-state index in [2.05, 4.69) is 425 Å². The Hall–Kier alpha value is -9.65. The van der Waals surface area contributed by atoms with Gasteiger partial charge in [-0.2, -0.15) is 0 Å². The molecular formula is C90H68BBr2IN2O2. The zero-order chi connectivity index (χ0) is 66.9. The van der Waals surface area contributed by atoms with Gasteiger partial charge in [0.1, 0.15) is 0 Å². The summed E-state index contributed by atoms with van der Waals surface area (Å²) in [4.78, 5) is 0. The highest BCUT2D eigenvalue weighted by molar-refractivity contribution is 14.1. The summed E-state index contributed by atoms with van der Waals surface area (Å²) >= 11 is 9.72. The zero-order valence-corrected chi connectivity index (χ0v) is 60.1. The lowest BCUT2D eigenvalue weighted by Gasteiger charge is -2.32. The van der Waals surface area contributed by atoms with Gasteiger partial charge in [-0.15, -0.1) is 0 Å². The summed E-state index contributed by atoms with van der Waals surface area (Å²) in [5, 5.41) is 4.93. The van der Waals surface area contributed by atoms with E-state index in [-0.39, 0.29) is 0 Å². The number of fused-ring (bicyclic) bond motifs is 6. The summed E-state index contributed by atoms with van der Waals surface area (Å²) in [6.07, 6.45) is 0. The van der Waals surface area contributed by atoms with Crippen LogP contribution in [0.2, 0.25) is 0 Å². The Kier molecular flexibility index (Phi) is 18.2. The Morgan fingerprint density at radius 1 is 0.276 bits per heavy atom. The van der Waals surface area contributed by atoms with Gasteiger partial charge in [0, 0.05) is 45.4 Å². The van der Waals surface area contributed by atoms with Gasteiger partial charge in [-0.1, -0.05) is 293 Å². The van der Waals surface area contributed by atoms with Gasteiger partial charge in [-0.3, -0.25) is 0 Å². The van der Waals surface area contributed by atoms with Gasteiger partial charge in [-0.25, -0.2) is 0 Å². The Balaban J connectivity index is 0.000000134. The normalized spacial score (nSPS) is 13.1. The molecule has 0 saturated carbocycles. The van der Waals surface area contributed by atoms with Crippen molar-refractivity contribution in [2.75, 3.05) is 0 Å². The third kappa shape index (κ3) is 12.8. The van der Waals surface area contributed by atoms with Gasteiger partial charge in [0.2, 0.25) is 0 Å². The maximum absolute atomic E-state index is 6.44. The Bertz CT molecular complexity index is 5400. The first-order chi connectivity index (χ1) is 47.8. The third-order valence-electron chi connectivity index (χ3n) is 19.1. The van der Waals surface area contributed by atoms with Gasteiger partial charge >= 0.3 is 7.12 Å². The molecule has 16 aromatic rings. The molecule has 1 aliphatic heterocycles. The van der Waals surface area contributed by atoms with Crippen molar-refractivity contribution in [2.45, 2.75) is 38.9 Å². The van der Waals surface area contributed by atoms with Crippen LogP contribution in [0.5, 0.6) is 0 Å². The van der Waals surface area contributed by atoms with Crippen LogP contribution < -0.4 is 5.46 Å². The molecule has 1 fully saturated rings. The predicted octanol–water partition coefficient (Wildman–Crippen LogP) is 25.4. The van der Waals surface area contributed by atoms with Gasteiger partial charge in [0.15, 0.2) is 0 Å². The van der Waals surface area contributed by atoms with E-state index < -0.39 is 18.3 Å². The topological polar surface area (TPSA) is 28.3 Å². The Labute approximate surface area is 604 Å². The number of hydrogen-bond acceptors (Lipinski definition) is 2. The van der Waals surface area contributed by atoms with E-state index in [1.54, 1.807) is 0 Å². The number of halogens is 3. The van der Waals surface area contributed by atoms with Crippen LogP contribution in [0.15, 0.2) is 349 Å². The number of hydrogen-bond donors (Lipinski definition) is 0. The predicted molar refractivity (Wildman–Crippen MR) is 430 cm³/mol. The smallest absolute Gasteiger partial charge is 0.399 e. The number of rotatable bonds is 10. The molecule has 0 atom stereocenters. The molecule has 0 radical (unpaired) electrons. The summed E-state index contributed by atoms with van der Waals surface area (Å²) in [6, 6.07) is 121. The second kappa shape index (κ2) is 27.7. The first kappa shape index (κ1) is 64.4. The number of aromatic nitrogens is 2. The maximum Gasteiger partial charge on any atom is 0.494 e. The standard InChI is InChI=1S/C42H28BrN.C36H32BNO2.C12H8BrI/c43-40-21-11-9-19-37(40)36-18-8-7-17-35(36)31-23-24-39-38-20-10-12-22-41(38)44(42(39)28-31)34-26-32(29-13-3-1-4-14-29)25-33(27-34)30-15-5-2-6-16-30;1-35(2)36(3,4)40-37(39-35)29-19-20-32-31-17-11-12-18-33(31)38(34(32)24-29)30-22-27(25-13-7-5-8-14-25)21-28(23-30)26-15-9-6-10-16-26;13-11-7-3-1-5-9(11)10-6-2-4-8-12(10)14/h1-28H;5-24H,1-4H3;1-8H. The molecule has 474 valence electrons. The van der Waals surface area contributed by atoms with Gasteiger partial charge in [0.05, 0.1) is 33.3 Å². The fourth-order valence-electron chi connectivity index (χ4n) is 13.5. The second-order valence-corrected chi connectivity index (χ2v) is 28.7. The van der Waals surface area contributed by atoms with Crippen molar-refractivity contribution in [1.29, 1.82) is 0 Å². The molecule has 4 nitrogen and oxygen atoms in total. The van der Waals surface area contributed by atoms with E-state index in [0.29, 0.717) is 0 Å². The van der Waals surface area contributed by atoms with Crippen molar-refractivity contribution in [1.82, 2.24) is 9.13 Å². The number of benzene rings is 14. The summed E-state index contributed by atoms with van der Waals surface area (Å²) in [7, 11) is -0.420. The van der Waals surface area contributed by atoms with E-state index >= 15 is 0 Å². The quantitative estimate of drug-likeness (QED) is 0.101. The van der Waals surface area contributed by atoms with Crippen LogP contribution >= 0.6 is 54.5 Å². The molecule has 0 bridgehead atoms. The minimum absolute atomic E-state index is 0.395. The molecule has 8 heteroatoms. The molecular weight excluding hydrogens is 1440 g/mol. The van der Waals surface area contributed by atoms with Crippen molar-refractivity contribution >= 4 is 111 Å². The molecule has 0 spiro atoms. The van der Waals surface area contributed by atoms with Crippen molar-refractivity contribution in [3.05, 3.63) is 352 Å². The van der Waals surface area contributed by atoms with Gasteiger partial charge in [-0.05, 0) is 212 Å². The summed E-state index contributed by atoms with van der Waals surface area (Å²) < 4.78 is 21.2. The van der Waals surface area contributed by atoms with Crippen LogP contribution in [0, 0.1) is 3.57 Å². The Morgan fingerprint density at radius 2 is 0.612 bits per heavy atom. The summed E-state index contributed by atoms with van der Waals surface area (Å²) in [6.45, 7) is 8.40. The molecule has 0 aliphatic carbocycles. The lowest BCUT2D eigenvalue weighted by molar-refractivity contribution is 0.00578. The van der Waals surface area contributed by atoms with E-state index in [1.165, 1.54) is 120 Å². The average molecular weight is 1510 g/mol. The fourth-order valence-corrected chi connectivity index (χ4v) is 15.2. The van der Waals surface area contributed by atoms with Crippen LogP contribution in [0.3, 0.4) is 0 Å². The van der Waals surface area contributed by atoms with E-state index in [9.17, 15) is 0 Å². The lowest BCUT2D eigenvalue weighted by atomic mass is 9.79. The molecule has 1 saturated heterocycles. The van der Waals surface area contributed by atoms with E-state index in [4.69, 9.17) is 9.31 Å². The molecule has 2 aromatic heterocycles. The molecule has 0 unspecified atom stereocenters. The zero-order valence-electron chi connectivity index (χ0n) is 54.8. The average Bonchev–Trinajstić information content (AvgIpc) is 1.58. The largest absolute Gasteiger partial charge is 0.494 e. The highest BCUT2D eigenvalue weighted by Gasteiger charge is 2.51. The molecule has 0 N–H and O–H groups in total. The van der Waals surface area contributed by atoms with Gasteiger partial charge in [0.25, 0.3) is 0 Å². The molecule has 14 aromatic carbocycles. The van der Waals surface area contributed by atoms with Crippen molar-refractivity contribution in [3.63, 3.8) is 0 Å². The Morgan fingerprint density at radius 3 is 1.05 bits per heavy atom. The summed E-state index contributed by atoms with van der Waals surface area (Å²) in [5.74, 6) is 0. The highest BCUT2D eigenvalue weighted by Crippen LogP contribution is 2.43. The van der Waals surface area contributed by atoms with Crippen molar-refractivity contribution in [3.8, 4) is 89.3 Å². The monoisotopic (exact) mass is 1500 g/mol. The lowest BCUT2D eigenvalue weighted by Crippen LogP contribution is -2.41. The SMILES string of the molecule is Brc1ccccc1-c1ccccc1-c1ccc2c3ccccc3n(-c3cc(-c4ccccc4)cc(-c4ccccc4)c3)c2c1.Brc1ccccc1-c1ccccc1I.CC1(C)OB(c2ccc3c4ccccc4n(-c4cc(-c5ccccc5)cc(-c5ccccc5)c4)c3c2)OC1(C)C. The van der Waals surface area contributed by atoms with Gasteiger partial charge < -0.3 is 18.4 Å². The molecule has 1 aliphatic rings. The fraction of sp³-hybridized carbons (Fsp3) is 0.0667.